The highest BCUT2D eigenvalue weighted by molar-refractivity contribution is 5.47. The minimum atomic E-state index is -0.236. The molecular formula is C13H15NO2. The van der Waals surface area contributed by atoms with Gasteiger partial charge < -0.3 is 9.47 Å². The van der Waals surface area contributed by atoms with Crippen LogP contribution in [0.3, 0.4) is 0 Å². The summed E-state index contributed by atoms with van der Waals surface area (Å²) in [6.07, 6.45) is 0.896. The van der Waals surface area contributed by atoms with Crippen LogP contribution in [0.1, 0.15) is 24.8 Å². The standard InChI is InChI=1S/C13H15NO2/c1-13(8-14)7-11(13)10-6-9(15-2)4-5-12(10)16-3/h4-6,11H,7H2,1-3H3. The molecule has 0 N–H and O–H groups in total. The minimum Gasteiger partial charge on any atom is -0.497 e. The van der Waals surface area contributed by atoms with Crippen LogP contribution in [0.15, 0.2) is 18.2 Å². The van der Waals surface area contributed by atoms with Gasteiger partial charge in [0.25, 0.3) is 0 Å². The molecule has 0 bridgehead atoms. The zero-order valence-electron chi connectivity index (χ0n) is 9.78. The third kappa shape index (κ3) is 1.61. The Balaban J connectivity index is 2.37. The fourth-order valence-corrected chi connectivity index (χ4v) is 2.05. The first-order valence-corrected chi connectivity index (χ1v) is 5.28. The Bertz CT molecular complexity index is 450. The van der Waals surface area contributed by atoms with Crippen molar-refractivity contribution in [3.8, 4) is 17.6 Å². The smallest absolute Gasteiger partial charge is 0.122 e. The van der Waals surface area contributed by atoms with E-state index < -0.39 is 0 Å². The van der Waals surface area contributed by atoms with Gasteiger partial charge in [0.15, 0.2) is 0 Å². The van der Waals surface area contributed by atoms with Crippen molar-refractivity contribution in [1.82, 2.24) is 0 Å². The molecule has 0 saturated heterocycles. The van der Waals surface area contributed by atoms with Crippen molar-refractivity contribution in [3.63, 3.8) is 0 Å². The summed E-state index contributed by atoms with van der Waals surface area (Å²) in [7, 11) is 3.29. The maximum atomic E-state index is 9.07. The van der Waals surface area contributed by atoms with Crippen LogP contribution in [0.5, 0.6) is 11.5 Å². The minimum absolute atomic E-state index is 0.236. The number of hydrogen-bond acceptors (Lipinski definition) is 3. The summed E-state index contributed by atoms with van der Waals surface area (Å²) < 4.78 is 10.5. The van der Waals surface area contributed by atoms with Crippen LogP contribution < -0.4 is 9.47 Å². The van der Waals surface area contributed by atoms with Crippen LogP contribution in [0, 0.1) is 16.7 Å². The van der Waals surface area contributed by atoms with Gasteiger partial charge in [-0.05, 0) is 31.5 Å². The first kappa shape index (κ1) is 10.8. The van der Waals surface area contributed by atoms with Crippen molar-refractivity contribution in [2.75, 3.05) is 14.2 Å². The number of nitrogens with zero attached hydrogens (tertiary/aromatic N) is 1. The highest BCUT2D eigenvalue weighted by Gasteiger charge is 2.52. The maximum Gasteiger partial charge on any atom is 0.122 e. The molecule has 1 aliphatic rings. The van der Waals surface area contributed by atoms with E-state index in [1.54, 1.807) is 14.2 Å². The van der Waals surface area contributed by atoms with E-state index in [-0.39, 0.29) is 11.3 Å². The highest BCUT2D eigenvalue weighted by Crippen LogP contribution is 2.60. The highest BCUT2D eigenvalue weighted by atomic mass is 16.5. The van der Waals surface area contributed by atoms with E-state index in [4.69, 9.17) is 14.7 Å². The predicted molar refractivity (Wildman–Crippen MR) is 60.6 cm³/mol. The molecular weight excluding hydrogens is 202 g/mol. The Hall–Kier alpha value is -1.69. The molecule has 1 aliphatic carbocycles. The maximum absolute atomic E-state index is 9.07. The lowest BCUT2D eigenvalue weighted by Gasteiger charge is -2.10. The van der Waals surface area contributed by atoms with Crippen LogP contribution in [0.2, 0.25) is 0 Å². The molecule has 1 fully saturated rings. The van der Waals surface area contributed by atoms with E-state index in [1.807, 2.05) is 25.1 Å². The second-order valence-corrected chi connectivity index (χ2v) is 4.39. The number of benzene rings is 1. The predicted octanol–water partition coefficient (Wildman–Crippen LogP) is 2.72. The van der Waals surface area contributed by atoms with Gasteiger partial charge in [-0.1, -0.05) is 0 Å². The molecule has 2 unspecified atom stereocenters. The number of methoxy groups -OCH3 is 2. The summed E-state index contributed by atoms with van der Waals surface area (Å²) in [6, 6.07) is 8.08. The SMILES string of the molecule is COc1ccc(OC)c(C2CC2(C)C#N)c1. The van der Waals surface area contributed by atoms with Gasteiger partial charge >= 0.3 is 0 Å². The Morgan fingerprint density at radius 1 is 1.38 bits per heavy atom. The Kier molecular flexibility index (Phi) is 2.51. The largest absolute Gasteiger partial charge is 0.497 e. The van der Waals surface area contributed by atoms with Gasteiger partial charge in [0.1, 0.15) is 11.5 Å². The van der Waals surface area contributed by atoms with Crippen molar-refractivity contribution >= 4 is 0 Å². The fourth-order valence-electron chi connectivity index (χ4n) is 2.05. The molecule has 1 saturated carbocycles. The summed E-state index contributed by atoms with van der Waals surface area (Å²) in [4.78, 5) is 0. The van der Waals surface area contributed by atoms with Gasteiger partial charge in [-0.25, -0.2) is 0 Å². The molecule has 2 atom stereocenters. The zero-order valence-corrected chi connectivity index (χ0v) is 9.78. The van der Waals surface area contributed by atoms with Crippen molar-refractivity contribution in [2.24, 2.45) is 5.41 Å². The Morgan fingerprint density at radius 2 is 2.12 bits per heavy atom. The van der Waals surface area contributed by atoms with E-state index in [1.165, 1.54) is 0 Å². The average molecular weight is 217 g/mol. The molecule has 16 heavy (non-hydrogen) atoms. The zero-order chi connectivity index (χ0) is 11.8. The molecule has 0 spiro atoms. The second-order valence-electron chi connectivity index (χ2n) is 4.39. The van der Waals surface area contributed by atoms with Crippen molar-refractivity contribution in [2.45, 2.75) is 19.3 Å². The molecule has 84 valence electrons. The molecule has 0 heterocycles. The number of rotatable bonds is 3. The summed E-state index contributed by atoms with van der Waals surface area (Å²) in [5.41, 5.74) is 0.838. The van der Waals surface area contributed by atoms with Crippen LogP contribution >= 0.6 is 0 Å². The topological polar surface area (TPSA) is 42.2 Å². The second kappa shape index (κ2) is 3.71. The molecule has 0 radical (unpaired) electrons. The molecule has 1 aromatic carbocycles. The molecule has 0 aliphatic heterocycles. The Labute approximate surface area is 95.6 Å². The molecule has 1 aromatic rings. The van der Waals surface area contributed by atoms with Crippen molar-refractivity contribution in [3.05, 3.63) is 23.8 Å². The lowest BCUT2D eigenvalue weighted by atomic mass is 10.0. The normalized spacial score (nSPS) is 27.0. The number of hydrogen-bond donors (Lipinski definition) is 0. The summed E-state index contributed by atoms with van der Waals surface area (Å²) >= 11 is 0. The van der Waals surface area contributed by atoms with E-state index in [2.05, 4.69) is 6.07 Å². The first-order valence-electron chi connectivity index (χ1n) is 5.28. The van der Waals surface area contributed by atoms with Gasteiger partial charge in [-0.2, -0.15) is 5.26 Å². The van der Waals surface area contributed by atoms with E-state index in [9.17, 15) is 0 Å². The van der Waals surface area contributed by atoms with Gasteiger partial charge in [0, 0.05) is 11.5 Å². The van der Waals surface area contributed by atoms with Crippen molar-refractivity contribution in [1.29, 1.82) is 5.26 Å². The molecule has 2 rings (SSSR count). The summed E-state index contributed by atoms with van der Waals surface area (Å²) in [5.74, 6) is 1.91. The van der Waals surface area contributed by atoms with Gasteiger partial charge in [0.05, 0.1) is 25.7 Å². The van der Waals surface area contributed by atoms with Gasteiger partial charge in [0.2, 0.25) is 0 Å². The van der Waals surface area contributed by atoms with E-state index >= 15 is 0 Å². The van der Waals surface area contributed by atoms with Crippen LogP contribution in [0.4, 0.5) is 0 Å². The third-order valence-corrected chi connectivity index (χ3v) is 3.30. The quantitative estimate of drug-likeness (QED) is 0.781. The Morgan fingerprint density at radius 3 is 2.62 bits per heavy atom. The molecule has 3 heteroatoms. The van der Waals surface area contributed by atoms with Gasteiger partial charge in [-0.15, -0.1) is 0 Å². The first-order chi connectivity index (χ1) is 7.64. The lowest BCUT2D eigenvalue weighted by molar-refractivity contribution is 0.398. The average Bonchev–Trinajstić information content (AvgIpc) is 3.01. The number of ether oxygens (including phenoxy) is 2. The van der Waals surface area contributed by atoms with Crippen LogP contribution in [-0.4, -0.2) is 14.2 Å². The molecule has 0 amide bonds. The monoisotopic (exact) mass is 217 g/mol. The van der Waals surface area contributed by atoms with Gasteiger partial charge in [-0.3, -0.25) is 0 Å². The van der Waals surface area contributed by atoms with E-state index in [0.717, 1.165) is 23.5 Å². The lowest BCUT2D eigenvalue weighted by Crippen LogP contribution is -1.97. The molecule has 3 nitrogen and oxygen atoms in total. The molecule has 0 aromatic heterocycles. The van der Waals surface area contributed by atoms with Crippen molar-refractivity contribution < 1.29 is 9.47 Å². The summed E-state index contributed by atoms with van der Waals surface area (Å²) in [6.45, 7) is 1.98. The van der Waals surface area contributed by atoms with Crippen LogP contribution in [0.25, 0.3) is 0 Å². The third-order valence-electron chi connectivity index (χ3n) is 3.30. The van der Waals surface area contributed by atoms with E-state index in [0.29, 0.717) is 0 Å². The van der Waals surface area contributed by atoms with Crippen LogP contribution in [-0.2, 0) is 0 Å². The fraction of sp³-hybridized carbons (Fsp3) is 0.462. The summed E-state index contributed by atoms with van der Waals surface area (Å²) in [5, 5.41) is 9.07. The number of nitriles is 1.